The number of rotatable bonds is 4. The first kappa shape index (κ1) is 23.7. The summed E-state index contributed by atoms with van der Waals surface area (Å²) in [6, 6.07) is 23.7. The molecule has 5 rings (SSSR count). The van der Waals surface area contributed by atoms with Gasteiger partial charge in [-0.05, 0) is 47.9 Å². The Balaban J connectivity index is 0.00000259. The number of hydrogen-bond acceptors (Lipinski definition) is 3. The zero-order valence-corrected chi connectivity index (χ0v) is 22.6. The number of amidine groups is 1. The van der Waals surface area contributed by atoms with Gasteiger partial charge in [-0.1, -0.05) is 75.3 Å². The van der Waals surface area contributed by atoms with Crippen LogP contribution in [0, 0.1) is 12.7 Å². The van der Waals surface area contributed by atoms with Gasteiger partial charge < -0.3 is 9.91 Å². The molecule has 0 bridgehead atoms. The standard InChI is InChI=1S/C29H31N3.Ir/c1-18(2)22-11-9-12-23(19(3)4)28(22)21-14-15-25-26(16-21)24-10-7-8-13-27(24)31-17-32(20(5)6)30-29(25)31;/h7-12,14-20H,1-6H3;/q-2;. The van der Waals surface area contributed by atoms with Gasteiger partial charge in [0.15, 0.2) is 0 Å². The number of hydrazone groups is 1. The number of nitrogens with zero attached hydrogens (tertiary/aromatic N) is 3. The Morgan fingerprint density at radius 3 is 2.15 bits per heavy atom. The Labute approximate surface area is 211 Å². The van der Waals surface area contributed by atoms with E-state index in [1.54, 1.807) is 0 Å². The van der Waals surface area contributed by atoms with Gasteiger partial charge in [-0.3, -0.25) is 0 Å². The molecule has 3 nitrogen and oxygen atoms in total. The van der Waals surface area contributed by atoms with Crippen molar-refractivity contribution in [3.63, 3.8) is 0 Å². The third kappa shape index (κ3) is 3.94. The monoisotopic (exact) mass is 614 g/mol. The molecule has 2 aliphatic heterocycles. The van der Waals surface area contributed by atoms with Gasteiger partial charge in [-0.2, -0.15) is 29.4 Å². The molecule has 0 spiro atoms. The second kappa shape index (κ2) is 9.08. The van der Waals surface area contributed by atoms with Crippen LogP contribution in [0.15, 0.2) is 59.7 Å². The molecule has 0 aromatic heterocycles. The van der Waals surface area contributed by atoms with Crippen molar-refractivity contribution in [2.45, 2.75) is 59.4 Å². The molecule has 2 aliphatic rings. The van der Waals surface area contributed by atoms with Crippen molar-refractivity contribution in [1.29, 1.82) is 0 Å². The second-order valence-corrected chi connectivity index (χ2v) is 9.70. The van der Waals surface area contributed by atoms with Crippen LogP contribution in [0.3, 0.4) is 0 Å². The molecule has 0 amide bonds. The molecular weight excluding hydrogens is 583 g/mol. The van der Waals surface area contributed by atoms with E-state index in [-0.39, 0.29) is 20.1 Å². The number of fused-ring (bicyclic) bond motifs is 6. The first-order valence-electron chi connectivity index (χ1n) is 11.7. The average molecular weight is 614 g/mol. The fourth-order valence-corrected chi connectivity index (χ4v) is 4.80. The van der Waals surface area contributed by atoms with Crippen LogP contribution in [-0.2, 0) is 20.1 Å². The van der Waals surface area contributed by atoms with Gasteiger partial charge in [-0.15, -0.1) is 12.2 Å². The fourth-order valence-electron chi connectivity index (χ4n) is 4.80. The van der Waals surface area contributed by atoms with Crippen molar-refractivity contribution >= 4 is 11.5 Å². The van der Waals surface area contributed by atoms with E-state index < -0.39 is 0 Å². The van der Waals surface area contributed by atoms with Crippen molar-refractivity contribution < 1.29 is 20.1 Å². The Kier molecular flexibility index (Phi) is 6.53. The van der Waals surface area contributed by atoms with E-state index in [2.05, 4.69) is 108 Å². The van der Waals surface area contributed by atoms with Crippen LogP contribution in [0.2, 0.25) is 0 Å². The van der Waals surface area contributed by atoms with Crippen LogP contribution in [0.5, 0.6) is 0 Å². The first-order chi connectivity index (χ1) is 15.4. The van der Waals surface area contributed by atoms with Gasteiger partial charge in [0, 0.05) is 31.7 Å². The van der Waals surface area contributed by atoms with Crippen molar-refractivity contribution in [2.24, 2.45) is 5.10 Å². The summed E-state index contributed by atoms with van der Waals surface area (Å²) in [7, 11) is 0. The molecule has 2 heterocycles. The van der Waals surface area contributed by atoms with Gasteiger partial charge in [0.1, 0.15) is 5.84 Å². The Morgan fingerprint density at radius 1 is 0.818 bits per heavy atom. The van der Waals surface area contributed by atoms with Gasteiger partial charge in [0.05, 0.1) is 0 Å². The molecule has 1 radical (unpaired) electrons. The molecule has 173 valence electrons. The van der Waals surface area contributed by atoms with E-state index in [0.29, 0.717) is 17.9 Å². The average Bonchev–Trinajstić information content (AvgIpc) is 3.24. The summed E-state index contributed by atoms with van der Waals surface area (Å²) in [5, 5.41) is 6.98. The summed E-state index contributed by atoms with van der Waals surface area (Å²) in [6.07, 6.45) is 0. The predicted octanol–water partition coefficient (Wildman–Crippen LogP) is 7.39. The van der Waals surface area contributed by atoms with E-state index in [0.717, 1.165) is 11.5 Å². The minimum absolute atomic E-state index is 0. The first-order valence-corrected chi connectivity index (χ1v) is 11.7. The molecule has 33 heavy (non-hydrogen) atoms. The number of para-hydroxylation sites is 1. The minimum Gasteiger partial charge on any atom is -0.476 e. The molecular formula is C29H31IrN3-2. The van der Waals surface area contributed by atoms with E-state index in [1.807, 2.05) is 11.1 Å². The third-order valence-electron chi connectivity index (χ3n) is 6.49. The molecule has 3 aromatic carbocycles. The van der Waals surface area contributed by atoms with E-state index in [1.165, 1.54) is 38.9 Å². The molecule has 0 fully saturated rings. The summed E-state index contributed by atoms with van der Waals surface area (Å²) in [5.74, 6) is 1.91. The van der Waals surface area contributed by atoms with Crippen molar-refractivity contribution in [3.8, 4) is 22.3 Å². The van der Waals surface area contributed by atoms with Gasteiger partial charge >= 0.3 is 0 Å². The maximum Gasteiger partial charge on any atom is 0.127 e. The molecule has 3 aromatic rings. The van der Waals surface area contributed by atoms with Crippen LogP contribution >= 0.6 is 0 Å². The molecule has 0 N–H and O–H groups in total. The zero-order valence-electron chi connectivity index (χ0n) is 20.2. The molecule has 0 atom stereocenters. The van der Waals surface area contributed by atoms with Crippen molar-refractivity contribution in [3.05, 3.63) is 84.0 Å². The molecule has 0 aliphatic carbocycles. The van der Waals surface area contributed by atoms with E-state index >= 15 is 0 Å². The number of hydrogen-bond donors (Lipinski definition) is 0. The number of anilines is 1. The summed E-state index contributed by atoms with van der Waals surface area (Å²) < 4.78 is 0. The van der Waals surface area contributed by atoms with E-state index in [9.17, 15) is 0 Å². The Hall–Kier alpha value is -2.42. The molecule has 0 saturated heterocycles. The van der Waals surface area contributed by atoms with Crippen LogP contribution in [0.4, 0.5) is 5.69 Å². The van der Waals surface area contributed by atoms with Crippen molar-refractivity contribution in [1.82, 2.24) is 5.01 Å². The van der Waals surface area contributed by atoms with Crippen LogP contribution in [0.1, 0.15) is 70.1 Å². The summed E-state index contributed by atoms with van der Waals surface area (Å²) >= 11 is 0. The van der Waals surface area contributed by atoms with Crippen molar-refractivity contribution in [2.75, 3.05) is 4.90 Å². The fraction of sp³-hybridized carbons (Fsp3) is 0.310. The zero-order chi connectivity index (χ0) is 22.6. The van der Waals surface area contributed by atoms with Gasteiger partial charge in [0.2, 0.25) is 0 Å². The SMILES string of the molecule is CC(C)c1cccc(C(C)C)c1-c1ccc2c(c1)-c1ccc[c-]c1N1[CH-]N(C(C)C)N=C21.[Ir]. The second-order valence-electron chi connectivity index (χ2n) is 9.70. The topological polar surface area (TPSA) is 18.8 Å². The predicted molar refractivity (Wildman–Crippen MR) is 135 cm³/mol. The van der Waals surface area contributed by atoms with E-state index in [4.69, 9.17) is 5.10 Å². The Morgan fingerprint density at radius 2 is 1.52 bits per heavy atom. The largest absolute Gasteiger partial charge is 0.476 e. The summed E-state index contributed by atoms with van der Waals surface area (Å²) in [4.78, 5) is 2.18. The van der Waals surface area contributed by atoms with Crippen LogP contribution < -0.4 is 4.90 Å². The van der Waals surface area contributed by atoms with Crippen LogP contribution in [-0.4, -0.2) is 16.9 Å². The normalized spacial score (nSPS) is 14.3. The smallest absolute Gasteiger partial charge is 0.127 e. The number of benzene rings is 3. The van der Waals surface area contributed by atoms with Gasteiger partial charge in [-0.25, -0.2) is 0 Å². The summed E-state index contributed by atoms with van der Waals surface area (Å²) in [5.41, 5.74) is 10.2. The van der Waals surface area contributed by atoms with Gasteiger partial charge in [0.25, 0.3) is 0 Å². The molecule has 4 heteroatoms. The maximum absolute atomic E-state index is 4.94. The summed E-state index contributed by atoms with van der Waals surface area (Å²) in [6.45, 7) is 15.6. The Bertz CT molecular complexity index is 1180. The van der Waals surface area contributed by atoms with Crippen LogP contribution in [0.25, 0.3) is 22.3 Å². The minimum atomic E-state index is 0. The third-order valence-corrected chi connectivity index (χ3v) is 6.49. The maximum atomic E-state index is 4.94. The quantitative estimate of drug-likeness (QED) is 0.286. The molecule has 0 saturated carbocycles. The molecule has 0 unspecified atom stereocenters.